The van der Waals surface area contributed by atoms with Crippen LogP contribution in [0.25, 0.3) is 0 Å². The predicted molar refractivity (Wildman–Crippen MR) is 84.1 cm³/mol. The first kappa shape index (κ1) is 16.1. The minimum Gasteiger partial charge on any atom is -0.347 e. The smallest absolute Gasteiger partial charge is 0.347 e. The van der Waals surface area contributed by atoms with Gasteiger partial charge in [-0.05, 0) is 37.0 Å². The van der Waals surface area contributed by atoms with Gasteiger partial charge < -0.3 is 5.32 Å². The number of aromatic nitrogens is 2. The van der Waals surface area contributed by atoms with E-state index in [2.05, 4.69) is 15.3 Å². The fraction of sp³-hybridized carbons (Fsp3) is 0.389. The highest BCUT2D eigenvalue weighted by molar-refractivity contribution is 5.92. The zero-order valence-corrected chi connectivity index (χ0v) is 13.3. The summed E-state index contributed by atoms with van der Waals surface area (Å²) < 4.78 is 38.4. The number of carbonyl (C=O) groups is 1. The van der Waals surface area contributed by atoms with Gasteiger partial charge in [0.25, 0.3) is 5.91 Å². The van der Waals surface area contributed by atoms with Crippen LogP contribution in [-0.4, -0.2) is 21.9 Å². The van der Waals surface area contributed by atoms with Crippen LogP contribution in [0, 0.1) is 0 Å². The fourth-order valence-corrected chi connectivity index (χ4v) is 2.95. The molecule has 0 unspecified atom stereocenters. The first-order valence-corrected chi connectivity index (χ1v) is 8.23. The Hall–Kier alpha value is -2.44. The number of carbonyl (C=O) groups excluding carboxylic acids is 1. The monoisotopic (exact) mass is 347 g/mol. The number of rotatable bonds is 4. The maximum Gasteiger partial charge on any atom is 0.416 e. The van der Waals surface area contributed by atoms with E-state index in [1.165, 1.54) is 6.07 Å². The van der Waals surface area contributed by atoms with Crippen LogP contribution in [0.3, 0.4) is 0 Å². The molecule has 2 aromatic rings. The molecule has 130 valence electrons. The lowest BCUT2D eigenvalue weighted by Gasteiger charge is -2.09. The molecule has 0 aliphatic heterocycles. The molecule has 2 saturated carbocycles. The molecule has 25 heavy (non-hydrogen) atoms. The van der Waals surface area contributed by atoms with Gasteiger partial charge in [-0.15, -0.1) is 0 Å². The van der Waals surface area contributed by atoms with Crippen LogP contribution < -0.4 is 5.32 Å². The highest BCUT2D eigenvalue weighted by Gasteiger charge is 2.41. The van der Waals surface area contributed by atoms with E-state index in [9.17, 15) is 18.0 Å². The lowest BCUT2D eigenvalue weighted by Crippen LogP contribution is -2.27. The molecule has 0 bridgehead atoms. The maximum atomic E-state index is 12.8. The molecule has 2 aliphatic rings. The maximum absolute atomic E-state index is 12.8. The van der Waals surface area contributed by atoms with Crippen molar-refractivity contribution in [2.75, 3.05) is 0 Å². The Labute approximate surface area is 142 Å². The van der Waals surface area contributed by atoms with Gasteiger partial charge in [-0.3, -0.25) is 4.79 Å². The summed E-state index contributed by atoms with van der Waals surface area (Å²) in [6.45, 7) is 0. The summed E-state index contributed by atoms with van der Waals surface area (Å²) in [5.74, 6) is 0.657. The van der Waals surface area contributed by atoms with E-state index >= 15 is 0 Å². The van der Waals surface area contributed by atoms with E-state index in [4.69, 9.17) is 0 Å². The second-order valence-corrected chi connectivity index (χ2v) is 6.62. The van der Waals surface area contributed by atoms with Gasteiger partial charge in [-0.25, -0.2) is 9.97 Å². The molecule has 2 atom stereocenters. The van der Waals surface area contributed by atoms with Crippen molar-refractivity contribution in [3.8, 4) is 0 Å². The average Bonchev–Trinajstić information content (AvgIpc) is 3.49. The van der Waals surface area contributed by atoms with E-state index in [1.807, 2.05) is 0 Å². The van der Waals surface area contributed by atoms with Gasteiger partial charge in [0.15, 0.2) is 0 Å². The van der Waals surface area contributed by atoms with Crippen molar-refractivity contribution in [2.45, 2.75) is 43.3 Å². The summed E-state index contributed by atoms with van der Waals surface area (Å²) in [7, 11) is 0. The minimum absolute atomic E-state index is 0.0870. The van der Waals surface area contributed by atoms with Gasteiger partial charge in [-0.2, -0.15) is 13.2 Å². The largest absolute Gasteiger partial charge is 0.416 e. The Morgan fingerprint density at radius 3 is 2.72 bits per heavy atom. The third-order valence-electron chi connectivity index (χ3n) is 4.60. The standard InChI is InChI=1S/C18H16F3N3O/c19-18(20,21)12-3-1-2-11(8-12)13-9-15(13)24-17(25)14-6-7-22-16(23-14)10-4-5-10/h1-3,6-8,10,13,15H,4-5,9H2,(H,24,25)/t13-,15+/m0/s1. The number of alkyl halides is 3. The summed E-state index contributed by atoms with van der Waals surface area (Å²) in [5.41, 5.74) is 0.250. The third kappa shape index (κ3) is 3.50. The van der Waals surface area contributed by atoms with Gasteiger partial charge >= 0.3 is 6.18 Å². The Morgan fingerprint density at radius 1 is 1.20 bits per heavy atom. The molecule has 0 saturated heterocycles. The molecule has 1 N–H and O–H groups in total. The number of hydrogen-bond acceptors (Lipinski definition) is 3. The highest BCUT2D eigenvalue weighted by atomic mass is 19.4. The molecule has 7 heteroatoms. The number of benzene rings is 1. The number of hydrogen-bond donors (Lipinski definition) is 1. The Bertz CT molecular complexity index is 817. The molecule has 4 rings (SSSR count). The quantitative estimate of drug-likeness (QED) is 0.918. The summed E-state index contributed by atoms with van der Waals surface area (Å²) in [4.78, 5) is 20.8. The minimum atomic E-state index is -4.36. The predicted octanol–water partition coefficient (Wildman–Crippen LogP) is 3.66. The van der Waals surface area contributed by atoms with Gasteiger partial charge in [0.1, 0.15) is 11.5 Å². The molecule has 4 nitrogen and oxygen atoms in total. The lowest BCUT2D eigenvalue weighted by molar-refractivity contribution is -0.137. The molecule has 1 aromatic heterocycles. The zero-order valence-electron chi connectivity index (χ0n) is 13.3. The molecular formula is C18H16F3N3O. The van der Waals surface area contributed by atoms with Gasteiger partial charge in [0.05, 0.1) is 5.56 Å². The molecule has 2 fully saturated rings. The summed E-state index contributed by atoms with van der Waals surface area (Å²) >= 11 is 0. The third-order valence-corrected chi connectivity index (χ3v) is 4.60. The fourth-order valence-electron chi connectivity index (χ4n) is 2.95. The van der Waals surface area contributed by atoms with Crippen molar-refractivity contribution in [2.24, 2.45) is 0 Å². The second kappa shape index (κ2) is 5.82. The Balaban J connectivity index is 1.42. The van der Waals surface area contributed by atoms with Crippen LogP contribution in [0.1, 0.15) is 58.5 Å². The van der Waals surface area contributed by atoms with Crippen molar-refractivity contribution >= 4 is 5.91 Å². The van der Waals surface area contributed by atoms with E-state index in [-0.39, 0.29) is 17.9 Å². The van der Waals surface area contributed by atoms with Crippen LogP contribution in [0.2, 0.25) is 0 Å². The first-order chi connectivity index (χ1) is 11.9. The van der Waals surface area contributed by atoms with Crippen LogP contribution in [0.4, 0.5) is 13.2 Å². The second-order valence-electron chi connectivity index (χ2n) is 6.62. The number of nitrogens with zero attached hydrogens (tertiary/aromatic N) is 2. The summed E-state index contributed by atoms with van der Waals surface area (Å²) in [5, 5.41) is 2.85. The van der Waals surface area contributed by atoms with E-state index in [0.717, 1.165) is 25.0 Å². The van der Waals surface area contributed by atoms with Gasteiger partial charge in [0.2, 0.25) is 0 Å². The van der Waals surface area contributed by atoms with Gasteiger partial charge in [-0.1, -0.05) is 18.2 Å². The number of nitrogens with one attached hydrogen (secondary N) is 1. The lowest BCUT2D eigenvalue weighted by atomic mass is 10.1. The van der Waals surface area contributed by atoms with E-state index in [0.29, 0.717) is 29.4 Å². The topological polar surface area (TPSA) is 54.9 Å². The van der Waals surface area contributed by atoms with Crippen LogP contribution in [0.5, 0.6) is 0 Å². The Morgan fingerprint density at radius 2 is 2.00 bits per heavy atom. The molecule has 0 radical (unpaired) electrons. The Kier molecular flexibility index (Phi) is 3.74. The van der Waals surface area contributed by atoms with Crippen molar-refractivity contribution in [1.82, 2.24) is 15.3 Å². The van der Waals surface area contributed by atoms with Crippen molar-refractivity contribution in [3.05, 3.63) is 59.2 Å². The van der Waals surface area contributed by atoms with Crippen LogP contribution in [0.15, 0.2) is 36.5 Å². The first-order valence-electron chi connectivity index (χ1n) is 8.23. The van der Waals surface area contributed by atoms with Crippen molar-refractivity contribution in [3.63, 3.8) is 0 Å². The molecule has 1 amide bonds. The highest BCUT2D eigenvalue weighted by Crippen LogP contribution is 2.42. The normalized spacial score (nSPS) is 22.5. The molecule has 0 spiro atoms. The van der Waals surface area contributed by atoms with E-state index in [1.54, 1.807) is 18.3 Å². The molecular weight excluding hydrogens is 331 g/mol. The SMILES string of the molecule is O=C(N[C@@H]1C[C@H]1c1cccc(C(F)(F)F)c1)c1ccnc(C2CC2)n1. The van der Waals surface area contributed by atoms with Gasteiger partial charge in [0, 0.05) is 24.1 Å². The van der Waals surface area contributed by atoms with Crippen molar-refractivity contribution in [1.29, 1.82) is 0 Å². The summed E-state index contributed by atoms with van der Waals surface area (Å²) in [6, 6.07) is 6.69. The van der Waals surface area contributed by atoms with Crippen LogP contribution >= 0.6 is 0 Å². The van der Waals surface area contributed by atoms with Crippen LogP contribution in [-0.2, 0) is 6.18 Å². The number of halogens is 3. The van der Waals surface area contributed by atoms with E-state index < -0.39 is 11.7 Å². The van der Waals surface area contributed by atoms with Crippen molar-refractivity contribution < 1.29 is 18.0 Å². The molecule has 2 aliphatic carbocycles. The molecule has 1 heterocycles. The summed E-state index contributed by atoms with van der Waals surface area (Å²) in [6.07, 6.45) is -0.0547. The average molecular weight is 347 g/mol. The number of amides is 1. The molecule has 1 aromatic carbocycles. The zero-order chi connectivity index (χ0) is 17.6.